The summed E-state index contributed by atoms with van der Waals surface area (Å²) in [5.41, 5.74) is 16.0. The molecule has 242 valence electrons. The van der Waals surface area contributed by atoms with Gasteiger partial charge in [-0.15, -0.1) is 0 Å². The van der Waals surface area contributed by atoms with Crippen molar-refractivity contribution in [2.45, 2.75) is 24.7 Å². The van der Waals surface area contributed by atoms with E-state index >= 15 is 0 Å². The molecule has 1 nitrogen and oxygen atoms in total. The second-order valence-electron chi connectivity index (χ2n) is 14.5. The summed E-state index contributed by atoms with van der Waals surface area (Å²) in [6.45, 7) is 4.78. The zero-order valence-corrected chi connectivity index (χ0v) is 28.8. The minimum Gasteiger partial charge on any atom is -0.310 e. The van der Waals surface area contributed by atoms with E-state index in [-0.39, 0.29) is 5.41 Å². The number of rotatable bonds is 5. The molecule has 0 amide bonds. The number of anilines is 3. The van der Waals surface area contributed by atoms with Crippen LogP contribution in [0.5, 0.6) is 0 Å². The normalized spacial score (nSPS) is 14.4. The van der Waals surface area contributed by atoms with Crippen LogP contribution in [0.3, 0.4) is 0 Å². The molecule has 0 N–H and O–H groups in total. The lowest BCUT2D eigenvalue weighted by atomic mass is 9.67. The molecule has 8 aromatic rings. The maximum absolute atomic E-state index is 2.49. The minimum atomic E-state index is -0.476. The topological polar surface area (TPSA) is 3.24 Å². The maximum atomic E-state index is 2.49. The molecule has 0 spiro atoms. The zero-order chi connectivity index (χ0) is 34.2. The van der Waals surface area contributed by atoms with Crippen LogP contribution < -0.4 is 4.90 Å². The molecule has 0 heterocycles. The molecule has 0 bridgehead atoms. The Hall–Kier alpha value is -6.18. The van der Waals surface area contributed by atoms with Gasteiger partial charge in [-0.3, -0.25) is 0 Å². The van der Waals surface area contributed by atoms with Crippen LogP contribution in [0.2, 0.25) is 0 Å². The van der Waals surface area contributed by atoms with E-state index in [0.29, 0.717) is 0 Å². The van der Waals surface area contributed by atoms with Gasteiger partial charge in [-0.2, -0.15) is 0 Å². The van der Waals surface area contributed by atoms with Gasteiger partial charge in [0.15, 0.2) is 0 Å². The van der Waals surface area contributed by atoms with Gasteiger partial charge in [-0.25, -0.2) is 0 Å². The zero-order valence-electron chi connectivity index (χ0n) is 28.8. The van der Waals surface area contributed by atoms with Crippen molar-refractivity contribution in [1.29, 1.82) is 0 Å². The summed E-state index contributed by atoms with van der Waals surface area (Å²) in [5, 5.41) is 2.56. The quantitative estimate of drug-likeness (QED) is 0.179. The van der Waals surface area contributed by atoms with Crippen LogP contribution in [-0.2, 0) is 10.8 Å². The number of hydrogen-bond acceptors (Lipinski definition) is 1. The fourth-order valence-electron chi connectivity index (χ4n) is 9.39. The Bertz CT molecular complexity index is 2560. The number of benzene rings is 8. The van der Waals surface area contributed by atoms with Crippen LogP contribution in [0, 0.1) is 0 Å². The predicted molar refractivity (Wildman–Crippen MR) is 213 cm³/mol. The molecule has 0 atom stereocenters. The van der Waals surface area contributed by atoms with Crippen molar-refractivity contribution < 1.29 is 0 Å². The molecule has 1 heteroatoms. The Morgan fingerprint density at radius 1 is 0.392 bits per heavy atom. The lowest BCUT2D eigenvalue weighted by Gasteiger charge is -2.35. The molecule has 0 fully saturated rings. The summed E-state index contributed by atoms with van der Waals surface area (Å²) in [7, 11) is 0. The van der Waals surface area contributed by atoms with E-state index in [2.05, 4.69) is 207 Å². The van der Waals surface area contributed by atoms with Crippen LogP contribution in [-0.4, -0.2) is 0 Å². The van der Waals surface area contributed by atoms with Crippen LogP contribution in [0.15, 0.2) is 188 Å². The van der Waals surface area contributed by atoms with E-state index < -0.39 is 5.41 Å². The van der Waals surface area contributed by atoms with Crippen molar-refractivity contribution in [3.05, 3.63) is 221 Å². The molecule has 0 aliphatic heterocycles. The number of nitrogens with zero attached hydrogens (tertiary/aromatic N) is 1. The van der Waals surface area contributed by atoms with E-state index in [1.807, 2.05) is 0 Å². The highest BCUT2D eigenvalue weighted by molar-refractivity contribution is 6.07. The van der Waals surface area contributed by atoms with Gasteiger partial charge in [0.05, 0.1) is 11.1 Å². The molecule has 0 saturated carbocycles. The first-order valence-electron chi connectivity index (χ1n) is 18.0. The van der Waals surface area contributed by atoms with E-state index in [4.69, 9.17) is 0 Å². The smallest absolute Gasteiger partial charge is 0.0714 e. The third kappa shape index (κ3) is 4.15. The molecule has 2 aliphatic rings. The molecular weight excluding hydrogens is 615 g/mol. The summed E-state index contributed by atoms with van der Waals surface area (Å²) in [5.74, 6) is 0. The predicted octanol–water partition coefficient (Wildman–Crippen LogP) is 13.0. The molecular formula is C50H37N. The van der Waals surface area contributed by atoms with Crippen molar-refractivity contribution in [3.8, 4) is 22.3 Å². The van der Waals surface area contributed by atoms with E-state index in [1.54, 1.807) is 0 Å². The van der Waals surface area contributed by atoms with Gasteiger partial charge in [-0.1, -0.05) is 172 Å². The highest BCUT2D eigenvalue weighted by Crippen LogP contribution is 2.58. The van der Waals surface area contributed by atoms with Crippen molar-refractivity contribution in [3.63, 3.8) is 0 Å². The van der Waals surface area contributed by atoms with Gasteiger partial charge in [0, 0.05) is 22.2 Å². The van der Waals surface area contributed by atoms with Gasteiger partial charge in [0.2, 0.25) is 0 Å². The Balaban J connectivity index is 1.29. The second kappa shape index (κ2) is 11.2. The molecule has 2 aliphatic carbocycles. The molecule has 0 saturated heterocycles. The minimum absolute atomic E-state index is 0.154. The van der Waals surface area contributed by atoms with Crippen molar-refractivity contribution in [2.75, 3.05) is 4.90 Å². The van der Waals surface area contributed by atoms with Crippen LogP contribution >= 0.6 is 0 Å². The van der Waals surface area contributed by atoms with Crippen molar-refractivity contribution in [1.82, 2.24) is 0 Å². The highest BCUT2D eigenvalue weighted by Gasteiger charge is 2.46. The fraction of sp³-hybridized carbons (Fsp3) is 0.0800. The first-order chi connectivity index (χ1) is 25.1. The first kappa shape index (κ1) is 29.7. The lowest BCUT2D eigenvalue weighted by Crippen LogP contribution is -2.28. The second-order valence-corrected chi connectivity index (χ2v) is 14.5. The van der Waals surface area contributed by atoms with E-state index in [0.717, 1.165) is 11.4 Å². The Morgan fingerprint density at radius 3 is 1.63 bits per heavy atom. The summed E-state index contributed by atoms with van der Waals surface area (Å²) in [6.07, 6.45) is 0. The molecule has 8 aromatic carbocycles. The van der Waals surface area contributed by atoms with Crippen molar-refractivity contribution >= 4 is 27.8 Å². The summed E-state index contributed by atoms with van der Waals surface area (Å²) < 4.78 is 0. The number of hydrogen-bond donors (Lipinski definition) is 0. The highest BCUT2D eigenvalue weighted by atomic mass is 15.1. The van der Waals surface area contributed by atoms with Gasteiger partial charge < -0.3 is 4.90 Å². The Labute approximate surface area is 300 Å². The molecule has 51 heavy (non-hydrogen) atoms. The van der Waals surface area contributed by atoms with Crippen LogP contribution in [0.25, 0.3) is 33.0 Å². The Kier molecular flexibility index (Phi) is 6.51. The number of para-hydroxylation sites is 1. The maximum Gasteiger partial charge on any atom is 0.0714 e. The fourth-order valence-corrected chi connectivity index (χ4v) is 9.39. The van der Waals surface area contributed by atoms with Gasteiger partial charge in [-0.05, 0) is 91.4 Å². The van der Waals surface area contributed by atoms with Gasteiger partial charge >= 0.3 is 0 Å². The van der Waals surface area contributed by atoms with E-state index in [9.17, 15) is 0 Å². The molecule has 10 rings (SSSR count). The lowest BCUT2D eigenvalue weighted by molar-refractivity contribution is 0.666. The monoisotopic (exact) mass is 651 g/mol. The van der Waals surface area contributed by atoms with Crippen LogP contribution in [0.4, 0.5) is 17.1 Å². The van der Waals surface area contributed by atoms with Crippen molar-refractivity contribution in [2.24, 2.45) is 0 Å². The molecule has 0 aromatic heterocycles. The largest absolute Gasteiger partial charge is 0.310 e. The SMILES string of the molecule is CC1(C)c2ccccc2-c2ccc3cccc(N(c4ccccc4)c4ccc5c(c4)C(c4ccccc4)(c4ccccc4)c4ccccc4-5)c3c21. The molecule has 0 radical (unpaired) electrons. The third-order valence-corrected chi connectivity index (χ3v) is 11.5. The van der Waals surface area contributed by atoms with Gasteiger partial charge in [0.25, 0.3) is 0 Å². The van der Waals surface area contributed by atoms with Crippen LogP contribution in [0.1, 0.15) is 47.2 Å². The number of fused-ring (bicyclic) bond motifs is 8. The summed E-state index contributed by atoms with van der Waals surface area (Å²) in [4.78, 5) is 2.49. The first-order valence-corrected chi connectivity index (χ1v) is 18.0. The standard InChI is InChI=1S/C50H37N/c1-49(2)43-26-14-12-25-40(43)42-31-29-34-17-16-28-46(47(34)48(42)49)51(37-22-10-5-11-23-37)38-30-32-41-39-24-13-15-27-44(39)50(45(41)33-38,35-18-6-3-7-19-35)36-20-8-4-9-21-36/h3-33H,1-2H3. The Morgan fingerprint density at radius 2 is 0.941 bits per heavy atom. The van der Waals surface area contributed by atoms with E-state index in [1.165, 1.54) is 72.1 Å². The average molecular weight is 652 g/mol. The van der Waals surface area contributed by atoms with Gasteiger partial charge in [0.1, 0.15) is 0 Å². The average Bonchev–Trinajstić information content (AvgIpc) is 3.62. The summed E-state index contributed by atoms with van der Waals surface area (Å²) >= 11 is 0. The third-order valence-electron chi connectivity index (χ3n) is 11.5. The summed E-state index contributed by atoms with van der Waals surface area (Å²) in [6, 6.07) is 69.6. The molecule has 0 unspecified atom stereocenters.